The molecule has 1 aromatic heterocycles. The van der Waals surface area contributed by atoms with Crippen molar-refractivity contribution in [3.63, 3.8) is 0 Å². The first-order valence-corrected chi connectivity index (χ1v) is 13.8. The summed E-state index contributed by atoms with van der Waals surface area (Å²) in [7, 11) is 0. The minimum atomic E-state index is 0.00879. The number of fused-ring (bicyclic) bond motifs is 1. The first-order valence-electron chi connectivity index (χ1n) is 13.8. The molecule has 5 aliphatic rings. The van der Waals surface area contributed by atoms with Gasteiger partial charge >= 0.3 is 0 Å². The van der Waals surface area contributed by atoms with Crippen LogP contribution in [0.5, 0.6) is 0 Å². The van der Waals surface area contributed by atoms with Gasteiger partial charge < -0.3 is 15.6 Å². The summed E-state index contributed by atoms with van der Waals surface area (Å²) in [5.74, 6) is 3.48. The van der Waals surface area contributed by atoms with Gasteiger partial charge in [0.15, 0.2) is 0 Å². The number of H-pyrrole nitrogens is 1. The summed E-state index contributed by atoms with van der Waals surface area (Å²) in [5, 5.41) is 6.53. The zero-order valence-corrected chi connectivity index (χ0v) is 20.7. The summed E-state index contributed by atoms with van der Waals surface area (Å²) < 4.78 is 0. The lowest BCUT2D eigenvalue weighted by molar-refractivity contribution is -0.119. The van der Waals surface area contributed by atoms with Crippen molar-refractivity contribution in [1.82, 2.24) is 15.3 Å². The first-order chi connectivity index (χ1) is 17.5. The highest BCUT2D eigenvalue weighted by Gasteiger charge is 2.51. The van der Waals surface area contributed by atoms with Crippen LogP contribution in [0.1, 0.15) is 74.6 Å². The largest absolute Gasteiger partial charge is 0.347 e. The average Bonchev–Trinajstić information content (AvgIpc) is 3.53. The Morgan fingerprint density at radius 1 is 0.889 bits per heavy atom. The number of anilines is 1. The number of amides is 2. The van der Waals surface area contributed by atoms with Crippen molar-refractivity contribution in [2.75, 3.05) is 5.32 Å². The standard InChI is InChI=1S/C30H34N4O2/c35-28(22-3-1-2-4-22)31-24-8-5-21(6-9-24)27-32-25-10-7-23(14-26(25)33-27)29(36)34-30-15-18-11-19(16-30)13-20(12-18)17-30/h5-10,14,18-20,22H,1-4,11-13,15-17H2,(H,31,35)(H,32,33)(H,34,36). The lowest BCUT2D eigenvalue weighted by atomic mass is 9.53. The number of hydrogen-bond donors (Lipinski definition) is 3. The van der Waals surface area contributed by atoms with Crippen molar-refractivity contribution in [1.29, 1.82) is 0 Å². The number of nitrogens with zero attached hydrogens (tertiary/aromatic N) is 1. The molecule has 6 nitrogen and oxygen atoms in total. The van der Waals surface area contributed by atoms with E-state index in [0.717, 1.165) is 90.8 Å². The van der Waals surface area contributed by atoms with Gasteiger partial charge in [0.2, 0.25) is 5.91 Å². The lowest BCUT2D eigenvalue weighted by Crippen LogP contribution is -2.59. The number of rotatable bonds is 5. The second-order valence-corrected chi connectivity index (χ2v) is 12.0. The number of aromatic nitrogens is 2. The predicted octanol–water partition coefficient (Wildman–Crippen LogP) is 6.06. The monoisotopic (exact) mass is 482 g/mol. The van der Waals surface area contributed by atoms with Crippen LogP contribution in [0.2, 0.25) is 0 Å². The molecule has 0 aliphatic heterocycles. The van der Waals surface area contributed by atoms with Gasteiger partial charge in [0.25, 0.3) is 5.91 Å². The molecule has 0 unspecified atom stereocenters. The zero-order chi connectivity index (χ0) is 24.3. The Bertz CT molecular complexity index is 1280. The Balaban J connectivity index is 1.06. The van der Waals surface area contributed by atoms with Crippen LogP contribution >= 0.6 is 0 Å². The van der Waals surface area contributed by atoms with Gasteiger partial charge in [-0.25, -0.2) is 4.98 Å². The Labute approximate surface area is 211 Å². The van der Waals surface area contributed by atoms with Crippen molar-refractivity contribution < 1.29 is 9.59 Å². The molecule has 186 valence electrons. The summed E-state index contributed by atoms with van der Waals surface area (Å²) in [6.07, 6.45) is 11.8. The van der Waals surface area contributed by atoms with E-state index in [1.54, 1.807) is 0 Å². The molecule has 2 amide bonds. The van der Waals surface area contributed by atoms with Gasteiger partial charge in [-0.1, -0.05) is 12.8 Å². The van der Waals surface area contributed by atoms with Crippen LogP contribution in [0, 0.1) is 23.7 Å². The van der Waals surface area contributed by atoms with Crippen LogP contribution in [0.15, 0.2) is 42.5 Å². The third-order valence-electron chi connectivity index (χ3n) is 9.31. The third-order valence-corrected chi connectivity index (χ3v) is 9.31. The van der Waals surface area contributed by atoms with Crippen molar-refractivity contribution in [2.45, 2.75) is 69.7 Å². The van der Waals surface area contributed by atoms with E-state index in [2.05, 4.69) is 15.6 Å². The minimum Gasteiger partial charge on any atom is -0.347 e. The summed E-state index contributed by atoms with van der Waals surface area (Å²) >= 11 is 0. The first kappa shape index (κ1) is 22.1. The Kier molecular flexibility index (Phi) is 5.19. The molecule has 36 heavy (non-hydrogen) atoms. The van der Waals surface area contributed by atoms with Gasteiger partial charge in [-0.15, -0.1) is 0 Å². The van der Waals surface area contributed by atoms with Gasteiger partial charge in [-0.2, -0.15) is 0 Å². The molecule has 0 radical (unpaired) electrons. The molecule has 1 heterocycles. The molecule has 5 fully saturated rings. The maximum absolute atomic E-state index is 13.3. The third kappa shape index (κ3) is 4.00. The quantitative estimate of drug-likeness (QED) is 0.413. The van der Waals surface area contributed by atoms with Crippen LogP contribution in [0.4, 0.5) is 5.69 Å². The van der Waals surface area contributed by atoms with Crippen LogP contribution < -0.4 is 10.6 Å². The molecule has 3 N–H and O–H groups in total. The normalized spacial score (nSPS) is 29.1. The highest BCUT2D eigenvalue weighted by Crippen LogP contribution is 2.55. The molecule has 2 aromatic carbocycles. The fourth-order valence-corrected chi connectivity index (χ4v) is 8.01. The Morgan fingerprint density at radius 3 is 2.22 bits per heavy atom. The molecule has 0 atom stereocenters. The maximum Gasteiger partial charge on any atom is 0.251 e. The fraction of sp³-hybridized carbons (Fsp3) is 0.500. The van der Waals surface area contributed by atoms with Crippen LogP contribution in [0.25, 0.3) is 22.4 Å². The van der Waals surface area contributed by atoms with E-state index in [-0.39, 0.29) is 23.3 Å². The molecule has 3 aromatic rings. The lowest BCUT2D eigenvalue weighted by Gasteiger charge is -2.56. The number of nitrogens with one attached hydrogen (secondary N) is 3. The fourth-order valence-electron chi connectivity index (χ4n) is 8.01. The second-order valence-electron chi connectivity index (χ2n) is 12.0. The molecule has 8 rings (SSSR count). The van der Waals surface area contributed by atoms with E-state index >= 15 is 0 Å². The van der Waals surface area contributed by atoms with E-state index in [4.69, 9.17) is 4.98 Å². The van der Waals surface area contributed by atoms with Crippen LogP contribution in [-0.4, -0.2) is 27.3 Å². The minimum absolute atomic E-state index is 0.00879. The summed E-state index contributed by atoms with van der Waals surface area (Å²) in [6.45, 7) is 0. The molecular weight excluding hydrogens is 448 g/mol. The summed E-state index contributed by atoms with van der Waals surface area (Å²) in [5.41, 5.74) is 4.17. The van der Waals surface area contributed by atoms with E-state index < -0.39 is 0 Å². The van der Waals surface area contributed by atoms with Crippen molar-refractivity contribution >= 4 is 28.5 Å². The van der Waals surface area contributed by atoms with Gasteiger partial charge in [0.05, 0.1) is 11.0 Å². The van der Waals surface area contributed by atoms with E-state index in [0.29, 0.717) is 5.56 Å². The molecule has 6 heteroatoms. The van der Waals surface area contributed by atoms with Crippen molar-refractivity contribution in [3.8, 4) is 11.4 Å². The summed E-state index contributed by atoms with van der Waals surface area (Å²) in [6, 6.07) is 13.6. The predicted molar refractivity (Wildman–Crippen MR) is 140 cm³/mol. The number of carbonyl (C=O) groups is 2. The van der Waals surface area contributed by atoms with E-state index in [1.165, 1.54) is 19.3 Å². The number of hydrogen-bond acceptors (Lipinski definition) is 3. The van der Waals surface area contributed by atoms with E-state index in [9.17, 15) is 9.59 Å². The topological polar surface area (TPSA) is 86.9 Å². The van der Waals surface area contributed by atoms with Crippen molar-refractivity contribution in [3.05, 3.63) is 48.0 Å². The number of carbonyl (C=O) groups excluding carboxylic acids is 2. The number of imidazole rings is 1. The van der Waals surface area contributed by atoms with Crippen LogP contribution in [-0.2, 0) is 4.79 Å². The van der Waals surface area contributed by atoms with Gasteiger partial charge in [-0.3, -0.25) is 9.59 Å². The Hall–Kier alpha value is -3.15. The molecule has 0 saturated heterocycles. The van der Waals surface area contributed by atoms with Gasteiger partial charge in [0.1, 0.15) is 5.82 Å². The highest BCUT2D eigenvalue weighted by atomic mass is 16.2. The molecule has 5 saturated carbocycles. The van der Waals surface area contributed by atoms with Gasteiger partial charge in [0, 0.05) is 28.3 Å². The average molecular weight is 483 g/mol. The molecule has 4 bridgehead atoms. The van der Waals surface area contributed by atoms with Crippen LogP contribution in [0.3, 0.4) is 0 Å². The smallest absolute Gasteiger partial charge is 0.251 e. The Morgan fingerprint density at radius 2 is 1.56 bits per heavy atom. The highest BCUT2D eigenvalue weighted by molar-refractivity contribution is 5.98. The maximum atomic E-state index is 13.3. The number of benzene rings is 2. The zero-order valence-electron chi connectivity index (χ0n) is 20.7. The SMILES string of the molecule is O=C(NC12CC3CC(CC(C3)C1)C2)c1ccc2nc(-c3ccc(NC(=O)C4CCCC4)cc3)[nH]c2c1. The van der Waals surface area contributed by atoms with Crippen molar-refractivity contribution in [2.24, 2.45) is 23.7 Å². The van der Waals surface area contributed by atoms with Gasteiger partial charge in [-0.05, 0) is 112 Å². The molecular formula is C30H34N4O2. The molecule has 5 aliphatic carbocycles. The second kappa shape index (κ2) is 8.46. The van der Waals surface area contributed by atoms with E-state index in [1.807, 2.05) is 42.5 Å². The number of aromatic amines is 1. The summed E-state index contributed by atoms with van der Waals surface area (Å²) in [4.78, 5) is 33.8. The molecule has 0 spiro atoms.